The molecule has 0 saturated carbocycles. The van der Waals surface area contributed by atoms with Crippen LogP contribution in [-0.4, -0.2) is 35.1 Å². The lowest BCUT2D eigenvalue weighted by Crippen LogP contribution is -2.38. The summed E-state index contributed by atoms with van der Waals surface area (Å²) in [5.41, 5.74) is 3.82. The van der Waals surface area contributed by atoms with Crippen molar-refractivity contribution < 1.29 is 14.3 Å². The van der Waals surface area contributed by atoms with Crippen molar-refractivity contribution in [1.29, 1.82) is 0 Å². The van der Waals surface area contributed by atoms with Crippen molar-refractivity contribution in [3.8, 4) is 11.5 Å². The van der Waals surface area contributed by atoms with Gasteiger partial charge in [0.1, 0.15) is 6.54 Å². The molecule has 0 spiro atoms. The zero-order valence-electron chi connectivity index (χ0n) is 19.5. The maximum atomic E-state index is 13.5. The lowest BCUT2D eigenvalue weighted by atomic mass is 9.98. The van der Waals surface area contributed by atoms with Crippen molar-refractivity contribution in [2.24, 2.45) is 0 Å². The molecule has 1 amide bonds. The van der Waals surface area contributed by atoms with E-state index in [1.165, 1.54) is 5.56 Å². The van der Waals surface area contributed by atoms with Crippen LogP contribution in [0.5, 0.6) is 11.5 Å². The van der Waals surface area contributed by atoms with E-state index < -0.39 is 0 Å². The van der Waals surface area contributed by atoms with E-state index >= 15 is 0 Å². The Morgan fingerprint density at radius 3 is 2.00 bits per heavy atom. The smallest absolute Gasteiger partial charge is 0.242 e. The summed E-state index contributed by atoms with van der Waals surface area (Å²) in [5, 5.41) is 1.26. The summed E-state index contributed by atoms with van der Waals surface area (Å²) in [6.07, 6.45) is 0.763. The van der Waals surface area contributed by atoms with E-state index in [0.717, 1.165) is 34.5 Å². The Kier molecular flexibility index (Phi) is 5.97. The number of fused-ring (bicyclic) bond motifs is 3. The molecule has 0 saturated heterocycles. The third-order valence-corrected chi connectivity index (χ3v) is 6.40. The van der Waals surface area contributed by atoms with Gasteiger partial charge in [-0.2, -0.15) is 0 Å². The second kappa shape index (κ2) is 9.21. The minimum Gasteiger partial charge on any atom is -0.490 e. The number of carbonyl (C=O) groups excluding carboxylic acids is 1. The number of carbonyl (C=O) groups is 1. The van der Waals surface area contributed by atoms with Crippen LogP contribution in [-0.2, 0) is 24.3 Å². The third-order valence-electron chi connectivity index (χ3n) is 6.40. The molecule has 1 aromatic heterocycles. The Morgan fingerprint density at radius 2 is 1.41 bits per heavy atom. The van der Waals surface area contributed by atoms with Gasteiger partial charge in [-0.3, -0.25) is 9.59 Å². The van der Waals surface area contributed by atoms with Crippen LogP contribution in [0.25, 0.3) is 21.8 Å². The SMILES string of the molecule is CCOc1cc2c(cc1OCC)CN(C(=O)Cn1c3ccccc3c(=O)c3ccccc31)CC2. The first-order valence-electron chi connectivity index (χ1n) is 11.8. The molecule has 3 aromatic carbocycles. The molecule has 0 bridgehead atoms. The van der Waals surface area contributed by atoms with E-state index in [1.807, 2.05) is 84.0 Å². The van der Waals surface area contributed by atoms with Gasteiger partial charge in [0.25, 0.3) is 0 Å². The van der Waals surface area contributed by atoms with Gasteiger partial charge in [-0.05, 0) is 67.8 Å². The van der Waals surface area contributed by atoms with Gasteiger partial charge in [-0.25, -0.2) is 0 Å². The van der Waals surface area contributed by atoms with E-state index in [0.29, 0.717) is 37.1 Å². The van der Waals surface area contributed by atoms with Gasteiger partial charge < -0.3 is 18.9 Å². The van der Waals surface area contributed by atoms with Crippen LogP contribution >= 0.6 is 0 Å². The number of pyridine rings is 1. The average molecular weight is 457 g/mol. The van der Waals surface area contributed by atoms with Gasteiger partial charge in [-0.1, -0.05) is 24.3 Å². The lowest BCUT2D eigenvalue weighted by molar-refractivity contribution is -0.132. The molecule has 6 nitrogen and oxygen atoms in total. The van der Waals surface area contributed by atoms with Crippen molar-refractivity contribution in [2.75, 3.05) is 19.8 Å². The summed E-state index contributed by atoms with van der Waals surface area (Å²) in [6.45, 7) is 6.37. The maximum Gasteiger partial charge on any atom is 0.242 e. The molecule has 4 aromatic rings. The molecule has 0 unspecified atom stereocenters. The molecule has 174 valence electrons. The number of benzene rings is 3. The van der Waals surface area contributed by atoms with E-state index in [4.69, 9.17) is 9.47 Å². The van der Waals surface area contributed by atoms with Crippen molar-refractivity contribution in [2.45, 2.75) is 33.4 Å². The highest BCUT2D eigenvalue weighted by Crippen LogP contribution is 2.34. The van der Waals surface area contributed by atoms with Crippen molar-refractivity contribution in [3.05, 3.63) is 82.0 Å². The number of para-hydroxylation sites is 2. The fourth-order valence-corrected chi connectivity index (χ4v) is 4.80. The molecule has 0 N–H and O–H groups in total. The van der Waals surface area contributed by atoms with Gasteiger partial charge in [-0.15, -0.1) is 0 Å². The predicted octanol–water partition coefficient (Wildman–Crippen LogP) is 4.54. The van der Waals surface area contributed by atoms with E-state index in [9.17, 15) is 9.59 Å². The first kappa shape index (κ1) is 22.0. The number of rotatable bonds is 6. The largest absolute Gasteiger partial charge is 0.490 e. The number of aromatic nitrogens is 1. The van der Waals surface area contributed by atoms with Crippen LogP contribution in [0.3, 0.4) is 0 Å². The first-order valence-corrected chi connectivity index (χ1v) is 11.8. The van der Waals surface area contributed by atoms with Crippen LogP contribution in [0.15, 0.2) is 65.5 Å². The topological polar surface area (TPSA) is 60.8 Å². The Hall–Kier alpha value is -3.80. The van der Waals surface area contributed by atoms with E-state index in [1.54, 1.807) is 0 Å². The van der Waals surface area contributed by atoms with Crippen LogP contribution < -0.4 is 14.9 Å². The zero-order valence-corrected chi connectivity index (χ0v) is 19.5. The molecule has 0 radical (unpaired) electrons. The summed E-state index contributed by atoms with van der Waals surface area (Å²) >= 11 is 0. The lowest BCUT2D eigenvalue weighted by Gasteiger charge is -2.30. The summed E-state index contributed by atoms with van der Waals surface area (Å²) < 4.78 is 13.5. The van der Waals surface area contributed by atoms with Gasteiger partial charge in [0.15, 0.2) is 16.9 Å². The minimum absolute atomic E-state index is 0.00430. The fraction of sp³-hybridized carbons (Fsp3) is 0.286. The Labute approximate surface area is 198 Å². The molecule has 0 aliphatic carbocycles. The van der Waals surface area contributed by atoms with Crippen LogP contribution in [0.4, 0.5) is 0 Å². The van der Waals surface area contributed by atoms with Crippen LogP contribution in [0, 0.1) is 0 Å². The molecule has 2 heterocycles. The van der Waals surface area contributed by atoms with Crippen molar-refractivity contribution >= 4 is 27.7 Å². The number of ether oxygens (including phenoxy) is 2. The highest BCUT2D eigenvalue weighted by Gasteiger charge is 2.24. The van der Waals surface area contributed by atoms with E-state index in [-0.39, 0.29) is 17.9 Å². The molecule has 34 heavy (non-hydrogen) atoms. The molecule has 0 fully saturated rings. The number of hydrogen-bond donors (Lipinski definition) is 0. The quantitative estimate of drug-likeness (QED) is 0.400. The molecule has 1 aliphatic rings. The van der Waals surface area contributed by atoms with Gasteiger partial charge in [0.05, 0.1) is 24.2 Å². The third kappa shape index (κ3) is 3.89. The summed E-state index contributed by atoms with van der Waals surface area (Å²) in [5.74, 6) is 1.50. The van der Waals surface area contributed by atoms with Gasteiger partial charge in [0.2, 0.25) is 5.91 Å². The zero-order chi connectivity index (χ0) is 23.7. The molecular formula is C28H28N2O4. The average Bonchev–Trinajstić information content (AvgIpc) is 2.87. The highest BCUT2D eigenvalue weighted by atomic mass is 16.5. The predicted molar refractivity (Wildman–Crippen MR) is 134 cm³/mol. The van der Waals surface area contributed by atoms with Crippen molar-refractivity contribution in [1.82, 2.24) is 9.47 Å². The monoisotopic (exact) mass is 456 g/mol. The summed E-state index contributed by atoms with van der Waals surface area (Å²) in [4.78, 5) is 28.4. The Balaban J connectivity index is 1.48. The molecule has 5 rings (SSSR count). The number of nitrogens with zero attached hydrogens (tertiary/aromatic N) is 2. The molecule has 6 heteroatoms. The fourth-order valence-electron chi connectivity index (χ4n) is 4.80. The molecule has 0 atom stereocenters. The second-order valence-electron chi connectivity index (χ2n) is 8.45. The normalized spacial score (nSPS) is 13.2. The highest BCUT2D eigenvalue weighted by molar-refractivity contribution is 5.94. The van der Waals surface area contributed by atoms with E-state index in [2.05, 4.69) is 0 Å². The number of amides is 1. The molecular weight excluding hydrogens is 428 g/mol. The molecule has 1 aliphatic heterocycles. The first-order chi connectivity index (χ1) is 16.6. The standard InChI is InChI=1S/C28H28N2O4/c1-3-33-25-15-19-13-14-29(17-20(19)16-26(25)34-4-2)27(31)18-30-23-11-7-5-9-21(23)28(32)22-10-6-8-12-24(22)30/h5-12,15-16H,3-4,13-14,17-18H2,1-2H3. The second-order valence-corrected chi connectivity index (χ2v) is 8.45. The Bertz CT molecular complexity index is 1380. The Morgan fingerprint density at radius 1 is 0.853 bits per heavy atom. The van der Waals surface area contributed by atoms with Crippen LogP contribution in [0.1, 0.15) is 25.0 Å². The minimum atomic E-state index is -0.00430. The number of hydrogen-bond acceptors (Lipinski definition) is 4. The van der Waals surface area contributed by atoms with Crippen molar-refractivity contribution in [3.63, 3.8) is 0 Å². The summed E-state index contributed by atoms with van der Waals surface area (Å²) in [6, 6.07) is 19.1. The van der Waals surface area contributed by atoms with Gasteiger partial charge >= 0.3 is 0 Å². The van der Waals surface area contributed by atoms with Gasteiger partial charge in [0, 0.05) is 23.9 Å². The summed E-state index contributed by atoms with van der Waals surface area (Å²) in [7, 11) is 0. The maximum absolute atomic E-state index is 13.5. The van der Waals surface area contributed by atoms with Crippen LogP contribution in [0.2, 0.25) is 0 Å².